The highest BCUT2D eigenvalue weighted by Gasteiger charge is 2.04. The van der Waals surface area contributed by atoms with Crippen molar-refractivity contribution in [1.82, 2.24) is 0 Å². The van der Waals surface area contributed by atoms with Crippen LogP contribution in [0.4, 0.5) is 0 Å². The first-order valence-electron chi connectivity index (χ1n) is 6.46. The molecular formula is C17H20. The van der Waals surface area contributed by atoms with Crippen molar-refractivity contribution in [2.45, 2.75) is 33.1 Å². The summed E-state index contributed by atoms with van der Waals surface area (Å²) in [5.74, 6) is 0. The molecule has 0 saturated carbocycles. The van der Waals surface area contributed by atoms with Gasteiger partial charge in [0, 0.05) is 0 Å². The molecule has 0 heteroatoms. The summed E-state index contributed by atoms with van der Waals surface area (Å²) in [4.78, 5) is 0. The van der Waals surface area contributed by atoms with Crippen molar-refractivity contribution < 1.29 is 0 Å². The van der Waals surface area contributed by atoms with Crippen molar-refractivity contribution >= 4 is 0 Å². The fourth-order valence-electron chi connectivity index (χ4n) is 2.20. The van der Waals surface area contributed by atoms with Gasteiger partial charge in [-0.05, 0) is 36.5 Å². The lowest BCUT2D eigenvalue weighted by Gasteiger charge is -2.10. The normalized spacial score (nSPS) is 10.5. The molecule has 0 spiro atoms. The summed E-state index contributed by atoms with van der Waals surface area (Å²) in [6.45, 7) is 4.42. The van der Waals surface area contributed by atoms with E-state index in [-0.39, 0.29) is 0 Å². The van der Waals surface area contributed by atoms with Crippen LogP contribution in [0.15, 0.2) is 48.5 Å². The van der Waals surface area contributed by atoms with Crippen LogP contribution < -0.4 is 0 Å². The van der Waals surface area contributed by atoms with Crippen LogP contribution in [0.2, 0.25) is 0 Å². The highest BCUT2D eigenvalue weighted by Crippen LogP contribution is 2.25. The molecule has 0 N–H and O–H groups in total. The molecule has 0 saturated heterocycles. The fraction of sp³-hybridized carbons (Fsp3) is 0.294. The van der Waals surface area contributed by atoms with Gasteiger partial charge in [-0.25, -0.2) is 0 Å². The summed E-state index contributed by atoms with van der Waals surface area (Å²) in [6, 6.07) is 17.5. The standard InChI is InChI=1S/C17H20/c1-3-4-8-16-13-14(2)11-12-17(16)15-9-6-5-7-10-15/h5-7,9-13H,3-4,8H2,1-2H3. The van der Waals surface area contributed by atoms with Gasteiger partial charge < -0.3 is 0 Å². The highest BCUT2D eigenvalue weighted by atomic mass is 14.1. The zero-order valence-electron chi connectivity index (χ0n) is 10.7. The van der Waals surface area contributed by atoms with Crippen LogP contribution in [0.5, 0.6) is 0 Å². The van der Waals surface area contributed by atoms with Gasteiger partial charge in [0.2, 0.25) is 0 Å². The predicted octanol–water partition coefficient (Wildman–Crippen LogP) is 5.00. The molecule has 0 bridgehead atoms. The van der Waals surface area contributed by atoms with Gasteiger partial charge in [-0.1, -0.05) is 67.4 Å². The van der Waals surface area contributed by atoms with Gasteiger partial charge in [-0.15, -0.1) is 0 Å². The number of unbranched alkanes of at least 4 members (excludes halogenated alkanes) is 1. The minimum atomic E-state index is 1.18. The van der Waals surface area contributed by atoms with Crippen molar-refractivity contribution in [3.8, 4) is 11.1 Å². The molecule has 88 valence electrons. The van der Waals surface area contributed by atoms with E-state index in [4.69, 9.17) is 0 Å². The van der Waals surface area contributed by atoms with E-state index in [2.05, 4.69) is 62.4 Å². The summed E-state index contributed by atoms with van der Waals surface area (Å²) >= 11 is 0. The van der Waals surface area contributed by atoms with E-state index < -0.39 is 0 Å². The third-order valence-corrected chi connectivity index (χ3v) is 3.15. The van der Waals surface area contributed by atoms with Gasteiger partial charge in [0.25, 0.3) is 0 Å². The van der Waals surface area contributed by atoms with Crippen molar-refractivity contribution in [3.05, 3.63) is 59.7 Å². The summed E-state index contributed by atoms with van der Waals surface area (Å²) in [5.41, 5.74) is 5.57. The minimum absolute atomic E-state index is 1.18. The zero-order valence-corrected chi connectivity index (χ0v) is 10.7. The predicted molar refractivity (Wildman–Crippen MR) is 75.2 cm³/mol. The average Bonchev–Trinajstić information content (AvgIpc) is 2.37. The van der Waals surface area contributed by atoms with E-state index in [1.807, 2.05) is 0 Å². The molecule has 0 aromatic heterocycles. The number of aryl methyl sites for hydroxylation is 2. The fourth-order valence-corrected chi connectivity index (χ4v) is 2.20. The van der Waals surface area contributed by atoms with Gasteiger partial charge in [0.05, 0.1) is 0 Å². The maximum atomic E-state index is 2.33. The van der Waals surface area contributed by atoms with Crippen molar-refractivity contribution in [3.63, 3.8) is 0 Å². The molecule has 0 atom stereocenters. The third-order valence-electron chi connectivity index (χ3n) is 3.15. The Labute approximate surface area is 104 Å². The van der Waals surface area contributed by atoms with Gasteiger partial charge in [0.15, 0.2) is 0 Å². The number of benzene rings is 2. The first-order valence-corrected chi connectivity index (χ1v) is 6.46. The van der Waals surface area contributed by atoms with Crippen LogP contribution in [-0.4, -0.2) is 0 Å². The molecule has 0 aliphatic heterocycles. The number of hydrogen-bond acceptors (Lipinski definition) is 0. The lowest BCUT2D eigenvalue weighted by Crippen LogP contribution is -1.91. The Hall–Kier alpha value is -1.56. The maximum Gasteiger partial charge on any atom is -0.0152 e. The molecule has 0 radical (unpaired) electrons. The van der Waals surface area contributed by atoms with E-state index in [9.17, 15) is 0 Å². The Balaban J connectivity index is 2.39. The zero-order chi connectivity index (χ0) is 12.1. The molecule has 2 aromatic rings. The maximum absolute atomic E-state index is 2.33. The molecule has 0 nitrogen and oxygen atoms in total. The lowest BCUT2D eigenvalue weighted by atomic mass is 9.95. The summed E-state index contributed by atoms with van der Waals surface area (Å²) in [6.07, 6.45) is 3.70. The average molecular weight is 224 g/mol. The van der Waals surface area contributed by atoms with E-state index in [1.54, 1.807) is 0 Å². The number of rotatable bonds is 4. The summed E-state index contributed by atoms with van der Waals surface area (Å²) < 4.78 is 0. The van der Waals surface area contributed by atoms with E-state index in [0.717, 1.165) is 0 Å². The second-order valence-electron chi connectivity index (χ2n) is 4.63. The summed E-state index contributed by atoms with van der Waals surface area (Å²) in [7, 11) is 0. The van der Waals surface area contributed by atoms with Crippen LogP contribution in [0.1, 0.15) is 30.9 Å². The molecule has 0 aliphatic rings. The smallest absolute Gasteiger partial charge is 0.0152 e. The van der Waals surface area contributed by atoms with Crippen molar-refractivity contribution in [2.75, 3.05) is 0 Å². The monoisotopic (exact) mass is 224 g/mol. The van der Waals surface area contributed by atoms with Gasteiger partial charge in [-0.2, -0.15) is 0 Å². The second-order valence-corrected chi connectivity index (χ2v) is 4.63. The van der Waals surface area contributed by atoms with Crippen LogP contribution in [0, 0.1) is 6.92 Å². The molecule has 2 rings (SSSR count). The molecule has 0 heterocycles. The lowest BCUT2D eigenvalue weighted by molar-refractivity contribution is 0.795. The van der Waals surface area contributed by atoms with Crippen LogP contribution in [0.25, 0.3) is 11.1 Å². The molecular weight excluding hydrogens is 204 g/mol. The highest BCUT2D eigenvalue weighted by molar-refractivity contribution is 5.67. The van der Waals surface area contributed by atoms with Crippen LogP contribution >= 0.6 is 0 Å². The number of hydrogen-bond donors (Lipinski definition) is 0. The molecule has 0 unspecified atom stereocenters. The largest absolute Gasteiger partial charge is 0.0654 e. The van der Waals surface area contributed by atoms with Gasteiger partial charge >= 0.3 is 0 Å². The minimum Gasteiger partial charge on any atom is -0.0654 e. The topological polar surface area (TPSA) is 0 Å². The van der Waals surface area contributed by atoms with Crippen molar-refractivity contribution in [2.24, 2.45) is 0 Å². The van der Waals surface area contributed by atoms with Crippen LogP contribution in [0.3, 0.4) is 0 Å². The van der Waals surface area contributed by atoms with Crippen molar-refractivity contribution in [1.29, 1.82) is 0 Å². The van der Waals surface area contributed by atoms with E-state index in [0.29, 0.717) is 0 Å². The third kappa shape index (κ3) is 2.97. The molecule has 0 fully saturated rings. The Morgan fingerprint density at radius 3 is 2.41 bits per heavy atom. The first kappa shape index (κ1) is 11.9. The SMILES string of the molecule is CCCCc1cc(C)ccc1-c1ccccc1. The Morgan fingerprint density at radius 1 is 0.941 bits per heavy atom. The van der Waals surface area contributed by atoms with Gasteiger partial charge in [0.1, 0.15) is 0 Å². The Bertz CT molecular complexity index is 469. The molecule has 2 aromatic carbocycles. The van der Waals surface area contributed by atoms with Crippen LogP contribution in [-0.2, 0) is 6.42 Å². The first-order chi connectivity index (χ1) is 8.31. The van der Waals surface area contributed by atoms with Gasteiger partial charge in [-0.3, -0.25) is 0 Å². The van der Waals surface area contributed by atoms with E-state index in [1.165, 1.54) is 41.5 Å². The Morgan fingerprint density at radius 2 is 1.71 bits per heavy atom. The molecule has 0 amide bonds. The summed E-state index contributed by atoms with van der Waals surface area (Å²) in [5, 5.41) is 0. The molecule has 0 aliphatic carbocycles. The Kier molecular flexibility index (Phi) is 3.98. The van der Waals surface area contributed by atoms with E-state index >= 15 is 0 Å². The molecule has 17 heavy (non-hydrogen) atoms. The quantitative estimate of drug-likeness (QED) is 0.685. The second kappa shape index (κ2) is 5.67.